The summed E-state index contributed by atoms with van der Waals surface area (Å²) in [6.07, 6.45) is 6.85. The second kappa shape index (κ2) is 11.2. The molecule has 0 aliphatic heterocycles. The molecule has 2 unspecified atom stereocenters. The molecule has 0 radical (unpaired) electrons. The summed E-state index contributed by atoms with van der Waals surface area (Å²) in [6.45, 7) is 14.0. The van der Waals surface area contributed by atoms with E-state index in [1.54, 1.807) is 0 Å². The van der Waals surface area contributed by atoms with Crippen molar-refractivity contribution in [2.45, 2.75) is 60.9 Å². The Morgan fingerprint density at radius 2 is 0.976 bits per heavy atom. The van der Waals surface area contributed by atoms with Crippen molar-refractivity contribution in [1.29, 1.82) is 0 Å². The fourth-order valence-corrected chi connectivity index (χ4v) is 41.0. The fourth-order valence-electron chi connectivity index (χ4n) is 8.07. The van der Waals surface area contributed by atoms with Gasteiger partial charge in [0.05, 0.1) is 0 Å². The first kappa shape index (κ1) is 30.1. The van der Waals surface area contributed by atoms with E-state index < -0.39 is 21.5 Å². The standard InChI is InChI=1S/2C18H17.C2H7Si.2ClH.Zr/c2*1-3-14-9-10-16-11-13(2)12-17(16)18(14)15-7-5-4-6-8-15;1-3-2;;;/h2*4-12H,3H2,1-2H3;3H,1-2H3;2*1H;/q;;;;;+2/p-2. The number of halogens is 2. The second-order valence-electron chi connectivity index (χ2n) is 12.7. The van der Waals surface area contributed by atoms with Crippen LogP contribution < -0.4 is 0 Å². The Morgan fingerprint density at radius 1 is 0.595 bits per heavy atom. The van der Waals surface area contributed by atoms with Gasteiger partial charge in [-0.15, -0.1) is 0 Å². The number of aryl methyl sites for hydroxylation is 2. The Kier molecular flexibility index (Phi) is 8.02. The summed E-state index contributed by atoms with van der Waals surface area (Å²) in [4.78, 5) is 0. The minimum absolute atomic E-state index is 0.107. The fraction of sp³-hybridized carbons (Fsp3) is 0.263. The van der Waals surface area contributed by atoms with Crippen molar-refractivity contribution in [2.24, 2.45) is 0 Å². The van der Waals surface area contributed by atoms with Gasteiger partial charge < -0.3 is 0 Å². The summed E-state index contributed by atoms with van der Waals surface area (Å²) < 4.78 is 0.213. The van der Waals surface area contributed by atoms with Gasteiger partial charge >= 0.3 is 263 Å². The maximum atomic E-state index is 8.49. The Balaban J connectivity index is 1.59. The molecule has 4 aromatic carbocycles. The predicted molar refractivity (Wildman–Crippen MR) is 186 cm³/mol. The van der Waals surface area contributed by atoms with Crippen LogP contribution in [-0.2, 0) is 28.4 Å². The van der Waals surface area contributed by atoms with E-state index >= 15 is 0 Å². The van der Waals surface area contributed by atoms with Crippen LogP contribution in [0.15, 0.2) is 96.1 Å². The molecule has 0 fully saturated rings. The van der Waals surface area contributed by atoms with E-state index in [2.05, 4.69) is 138 Å². The van der Waals surface area contributed by atoms with Crippen LogP contribution in [0.4, 0.5) is 0 Å². The maximum absolute atomic E-state index is 8.49. The first-order valence-corrected chi connectivity index (χ1v) is 31.8. The van der Waals surface area contributed by atoms with E-state index in [0.29, 0.717) is 0 Å². The van der Waals surface area contributed by atoms with E-state index in [4.69, 9.17) is 17.0 Å². The molecule has 0 saturated carbocycles. The molecule has 0 aromatic heterocycles. The number of benzene rings is 4. The van der Waals surface area contributed by atoms with Crippen molar-refractivity contribution in [3.8, 4) is 22.3 Å². The molecular formula is C38H41Cl2SiZr. The molecule has 2 aliphatic carbocycles. The molecule has 4 heteroatoms. The molecule has 4 aromatic rings. The van der Waals surface area contributed by atoms with Crippen molar-refractivity contribution in [1.82, 2.24) is 0 Å². The van der Waals surface area contributed by atoms with Crippen molar-refractivity contribution < 1.29 is 15.6 Å². The molecule has 215 valence electrons. The Morgan fingerprint density at radius 3 is 1.31 bits per heavy atom. The number of fused-ring (bicyclic) bond motifs is 2. The molecule has 0 spiro atoms. The SMILES string of the molecule is CCc1ccc2c(c1-c1ccccc1)C=C(C)[CH]2[Zr]([Cl])([Cl])([CH]1C(C)=Cc2c1ccc(CC)c2-c1ccccc1)[SiH](C)C. The molecule has 42 heavy (non-hydrogen) atoms. The zero-order valence-electron chi connectivity index (χ0n) is 25.6. The van der Waals surface area contributed by atoms with Crippen LogP contribution in [0.2, 0.25) is 13.1 Å². The third-order valence-corrected chi connectivity index (χ3v) is 62.4. The summed E-state index contributed by atoms with van der Waals surface area (Å²) in [7, 11) is 17.0. The predicted octanol–water partition coefficient (Wildman–Crippen LogP) is 11.7. The molecule has 0 nitrogen and oxygen atoms in total. The number of hydrogen-bond acceptors (Lipinski definition) is 0. The van der Waals surface area contributed by atoms with Crippen LogP contribution in [0.1, 0.15) is 68.3 Å². The van der Waals surface area contributed by atoms with Crippen molar-refractivity contribution in [3.63, 3.8) is 0 Å². The molecule has 6 rings (SSSR count). The van der Waals surface area contributed by atoms with Gasteiger partial charge in [-0.25, -0.2) is 0 Å². The van der Waals surface area contributed by atoms with Gasteiger partial charge in [0, 0.05) is 0 Å². The monoisotopic (exact) mass is 685 g/mol. The van der Waals surface area contributed by atoms with E-state index in [1.807, 2.05) is 0 Å². The van der Waals surface area contributed by atoms with Gasteiger partial charge in [-0.05, 0) is 0 Å². The van der Waals surface area contributed by atoms with Crippen molar-refractivity contribution in [2.75, 3.05) is 0 Å². The number of rotatable bonds is 7. The van der Waals surface area contributed by atoms with E-state index in [0.717, 1.165) is 12.8 Å². The first-order chi connectivity index (χ1) is 20.1. The van der Waals surface area contributed by atoms with Crippen LogP contribution in [0.3, 0.4) is 0 Å². The average molecular weight is 688 g/mol. The van der Waals surface area contributed by atoms with Crippen LogP contribution in [0, 0.1) is 0 Å². The summed E-state index contributed by atoms with van der Waals surface area (Å²) >= 11 is -4.71. The van der Waals surface area contributed by atoms with Gasteiger partial charge in [0.2, 0.25) is 0 Å². The van der Waals surface area contributed by atoms with Gasteiger partial charge in [0.1, 0.15) is 0 Å². The van der Waals surface area contributed by atoms with Crippen molar-refractivity contribution >= 4 is 35.1 Å². The van der Waals surface area contributed by atoms with Crippen LogP contribution >= 0.6 is 17.0 Å². The molecule has 0 amide bonds. The Hall–Kier alpha value is -1.96. The topological polar surface area (TPSA) is 0 Å². The second-order valence-corrected chi connectivity index (χ2v) is 55.2. The van der Waals surface area contributed by atoms with Gasteiger partial charge in [-0.1, -0.05) is 0 Å². The summed E-state index contributed by atoms with van der Waals surface area (Å²) in [5, 5.41) is 0. The van der Waals surface area contributed by atoms with Crippen LogP contribution in [0.5, 0.6) is 0 Å². The molecule has 0 N–H and O–H groups in total. The zero-order chi connectivity index (χ0) is 29.8. The van der Waals surface area contributed by atoms with Crippen LogP contribution in [-0.4, -0.2) is 5.92 Å². The molecule has 0 saturated heterocycles. The van der Waals surface area contributed by atoms with Crippen molar-refractivity contribution in [3.05, 3.63) is 129 Å². The van der Waals surface area contributed by atoms with E-state index in [1.165, 1.54) is 66.8 Å². The van der Waals surface area contributed by atoms with Crippen LogP contribution in [0.25, 0.3) is 34.4 Å². The molecule has 0 heterocycles. The first-order valence-electron chi connectivity index (χ1n) is 15.5. The van der Waals surface area contributed by atoms with E-state index in [9.17, 15) is 0 Å². The summed E-state index contributed by atoms with van der Waals surface area (Å²) in [5.74, 6) is -1.58. The molecule has 2 atom stereocenters. The molecule has 0 bridgehead atoms. The normalized spacial score (nSPS) is 18.7. The number of hydrogen-bond donors (Lipinski definition) is 0. The zero-order valence-corrected chi connectivity index (χ0v) is 30.8. The quantitative estimate of drug-likeness (QED) is 0.170. The average Bonchev–Trinajstić information content (AvgIpc) is 3.53. The number of allylic oxidation sites excluding steroid dienone is 2. The van der Waals surface area contributed by atoms with Gasteiger partial charge in [0.15, 0.2) is 0 Å². The summed E-state index contributed by atoms with van der Waals surface area (Å²) in [5.41, 5.74) is 16.1. The molecule has 2 aliphatic rings. The third kappa shape index (κ3) is 4.47. The van der Waals surface area contributed by atoms with Gasteiger partial charge in [-0.3, -0.25) is 0 Å². The Bertz CT molecular complexity index is 1610. The molecular weight excluding hydrogens is 647 g/mol. The summed E-state index contributed by atoms with van der Waals surface area (Å²) in [6, 6.07) is 31.2. The van der Waals surface area contributed by atoms with Gasteiger partial charge in [0.25, 0.3) is 0 Å². The Labute approximate surface area is 261 Å². The van der Waals surface area contributed by atoms with Gasteiger partial charge in [-0.2, -0.15) is 0 Å². The van der Waals surface area contributed by atoms with E-state index in [-0.39, 0.29) is 7.25 Å². The minimum atomic E-state index is -4.71. The third-order valence-electron chi connectivity index (χ3n) is 10.1.